The van der Waals surface area contributed by atoms with E-state index in [1.54, 1.807) is 0 Å². The molecule has 0 radical (unpaired) electrons. The van der Waals surface area contributed by atoms with E-state index >= 15 is 0 Å². The van der Waals surface area contributed by atoms with Gasteiger partial charge in [-0.25, -0.2) is 0 Å². The molecule has 16 heavy (non-hydrogen) atoms. The Morgan fingerprint density at radius 3 is 2.06 bits per heavy atom. The molecule has 0 bridgehead atoms. The van der Waals surface area contributed by atoms with Crippen LogP contribution in [0.4, 0.5) is 0 Å². The van der Waals surface area contributed by atoms with Crippen LogP contribution in [0.1, 0.15) is 52.4 Å². The zero-order valence-corrected chi connectivity index (χ0v) is 10.5. The molecule has 0 aromatic carbocycles. The van der Waals surface area contributed by atoms with Gasteiger partial charge in [0.2, 0.25) is 5.91 Å². The van der Waals surface area contributed by atoms with Crippen molar-refractivity contribution in [2.45, 2.75) is 52.4 Å². The molecule has 0 saturated heterocycles. The fourth-order valence-electron chi connectivity index (χ4n) is 1.81. The van der Waals surface area contributed by atoms with Gasteiger partial charge in [-0.05, 0) is 25.7 Å². The van der Waals surface area contributed by atoms with Gasteiger partial charge in [0.15, 0.2) is 0 Å². The normalized spacial score (nSPS) is 16.6. The van der Waals surface area contributed by atoms with Crippen molar-refractivity contribution in [3.8, 4) is 6.07 Å². The molecule has 1 saturated carbocycles. The van der Waals surface area contributed by atoms with Crippen LogP contribution in [0.25, 0.3) is 0 Å². The number of hydrogen-bond donors (Lipinski definition) is 0. The summed E-state index contributed by atoms with van der Waals surface area (Å²) in [6.07, 6.45) is 5.78. The van der Waals surface area contributed by atoms with E-state index in [0.717, 1.165) is 51.6 Å². The molecule has 90 valence electrons. The van der Waals surface area contributed by atoms with Crippen LogP contribution in [-0.2, 0) is 4.79 Å². The van der Waals surface area contributed by atoms with E-state index in [9.17, 15) is 4.79 Å². The van der Waals surface area contributed by atoms with Crippen molar-refractivity contribution in [1.29, 1.82) is 5.26 Å². The van der Waals surface area contributed by atoms with Gasteiger partial charge in [0, 0.05) is 13.1 Å². The lowest BCUT2D eigenvalue weighted by Gasteiger charge is -2.24. The van der Waals surface area contributed by atoms with Crippen LogP contribution in [0.2, 0.25) is 0 Å². The minimum absolute atomic E-state index is 0.0805. The standard InChI is InChI=1S/C13H22N2O/c1-3-5-9-15(10-6-4-2)12(16)13(11-14)7-8-13/h3-10H2,1-2H3. The molecule has 1 rings (SSSR count). The number of carbonyl (C=O) groups is 1. The van der Waals surface area contributed by atoms with Crippen molar-refractivity contribution >= 4 is 5.91 Å². The summed E-state index contributed by atoms with van der Waals surface area (Å²) in [7, 11) is 0. The Hall–Kier alpha value is -1.04. The molecule has 0 aromatic rings. The van der Waals surface area contributed by atoms with Crippen molar-refractivity contribution in [3.05, 3.63) is 0 Å². The predicted octanol–water partition coefficient (Wildman–Crippen LogP) is 2.72. The first-order valence-electron chi connectivity index (χ1n) is 6.41. The summed E-state index contributed by atoms with van der Waals surface area (Å²) < 4.78 is 0. The van der Waals surface area contributed by atoms with Crippen molar-refractivity contribution in [2.24, 2.45) is 5.41 Å². The van der Waals surface area contributed by atoms with Crippen LogP contribution in [-0.4, -0.2) is 23.9 Å². The molecule has 0 atom stereocenters. The number of nitrogens with zero attached hydrogens (tertiary/aromatic N) is 2. The molecule has 3 heteroatoms. The second-order valence-corrected chi connectivity index (χ2v) is 4.69. The molecule has 1 aliphatic rings. The second kappa shape index (κ2) is 5.89. The molecule has 1 aliphatic carbocycles. The topological polar surface area (TPSA) is 44.1 Å². The lowest BCUT2D eigenvalue weighted by molar-refractivity contribution is -0.135. The predicted molar refractivity (Wildman–Crippen MR) is 63.7 cm³/mol. The van der Waals surface area contributed by atoms with E-state index in [0.29, 0.717) is 0 Å². The highest BCUT2D eigenvalue weighted by Gasteiger charge is 2.52. The number of rotatable bonds is 7. The molecule has 0 aromatic heterocycles. The first kappa shape index (κ1) is 13.0. The van der Waals surface area contributed by atoms with E-state index in [1.165, 1.54) is 0 Å². The van der Waals surface area contributed by atoms with Gasteiger partial charge in [-0.1, -0.05) is 26.7 Å². The van der Waals surface area contributed by atoms with E-state index in [-0.39, 0.29) is 5.91 Å². The van der Waals surface area contributed by atoms with Crippen LogP contribution in [0.3, 0.4) is 0 Å². The summed E-state index contributed by atoms with van der Waals surface area (Å²) in [5.41, 5.74) is -0.637. The fraction of sp³-hybridized carbons (Fsp3) is 0.846. The van der Waals surface area contributed by atoms with Crippen molar-refractivity contribution in [1.82, 2.24) is 4.90 Å². The van der Waals surface area contributed by atoms with Crippen LogP contribution < -0.4 is 0 Å². The average Bonchev–Trinajstić information content (AvgIpc) is 3.09. The Kier molecular flexibility index (Phi) is 4.79. The minimum Gasteiger partial charge on any atom is -0.341 e. The van der Waals surface area contributed by atoms with E-state index in [4.69, 9.17) is 5.26 Å². The van der Waals surface area contributed by atoms with Crippen LogP contribution in [0.5, 0.6) is 0 Å². The van der Waals surface area contributed by atoms with Gasteiger partial charge in [0.1, 0.15) is 5.41 Å². The van der Waals surface area contributed by atoms with E-state index in [2.05, 4.69) is 19.9 Å². The molecular weight excluding hydrogens is 200 g/mol. The van der Waals surface area contributed by atoms with Crippen LogP contribution in [0.15, 0.2) is 0 Å². The lowest BCUT2D eigenvalue weighted by Crippen LogP contribution is -2.38. The van der Waals surface area contributed by atoms with Gasteiger partial charge in [-0.2, -0.15) is 5.26 Å². The van der Waals surface area contributed by atoms with E-state index in [1.807, 2.05) is 4.90 Å². The average molecular weight is 222 g/mol. The van der Waals surface area contributed by atoms with Gasteiger partial charge in [-0.3, -0.25) is 4.79 Å². The summed E-state index contributed by atoms with van der Waals surface area (Å²) in [5, 5.41) is 9.03. The monoisotopic (exact) mass is 222 g/mol. The summed E-state index contributed by atoms with van der Waals surface area (Å²) in [5.74, 6) is 0.0805. The van der Waals surface area contributed by atoms with Crippen LogP contribution in [0, 0.1) is 16.7 Å². The molecule has 0 spiro atoms. The highest BCUT2D eigenvalue weighted by Crippen LogP contribution is 2.46. The maximum absolute atomic E-state index is 12.2. The molecular formula is C13H22N2O. The summed E-state index contributed by atoms with van der Waals surface area (Å²) in [4.78, 5) is 14.1. The molecule has 0 aliphatic heterocycles. The number of hydrogen-bond acceptors (Lipinski definition) is 2. The molecule has 0 heterocycles. The Bertz CT molecular complexity index is 268. The Morgan fingerprint density at radius 2 is 1.75 bits per heavy atom. The molecule has 0 unspecified atom stereocenters. The Labute approximate surface area is 98.4 Å². The summed E-state index contributed by atoms with van der Waals surface area (Å²) in [6.45, 7) is 5.89. The largest absolute Gasteiger partial charge is 0.341 e. The third-order valence-electron chi connectivity index (χ3n) is 3.22. The summed E-state index contributed by atoms with van der Waals surface area (Å²) in [6, 6.07) is 2.19. The number of unbranched alkanes of at least 4 members (excludes halogenated alkanes) is 2. The van der Waals surface area contributed by atoms with Crippen molar-refractivity contribution in [3.63, 3.8) is 0 Å². The lowest BCUT2D eigenvalue weighted by atomic mass is 10.1. The maximum Gasteiger partial charge on any atom is 0.243 e. The first-order valence-corrected chi connectivity index (χ1v) is 6.41. The molecule has 1 fully saturated rings. The van der Waals surface area contributed by atoms with Gasteiger partial charge in [0.25, 0.3) is 0 Å². The Balaban J connectivity index is 2.54. The smallest absolute Gasteiger partial charge is 0.243 e. The van der Waals surface area contributed by atoms with Gasteiger partial charge in [0.05, 0.1) is 6.07 Å². The van der Waals surface area contributed by atoms with Crippen molar-refractivity contribution < 1.29 is 4.79 Å². The summed E-state index contributed by atoms with van der Waals surface area (Å²) >= 11 is 0. The third kappa shape index (κ3) is 2.98. The molecule has 0 N–H and O–H groups in total. The zero-order chi connectivity index (χ0) is 12.0. The van der Waals surface area contributed by atoms with Crippen molar-refractivity contribution in [2.75, 3.05) is 13.1 Å². The van der Waals surface area contributed by atoms with Gasteiger partial charge in [-0.15, -0.1) is 0 Å². The third-order valence-corrected chi connectivity index (χ3v) is 3.22. The molecule has 1 amide bonds. The van der Waals surface area contributed by atoms with E-state index < -0.39 is 5.41 Å². The number of amides is 1. The van der Waals surface area contributed by atoms with Gasteiger partial charge < -0.3 is 4.90 Å². The number of nitriles is 1. The number of carbonyl (C=O) groups excluding carboxylic acids is 1. The van der Waals surface area contributed by atoms with Gasteiger partial charge >= 0.3 is 0 Å². The zero-order valence-electron chi connectivity index (χ0n) is 10.5. The fourth-order valence-corrected chi connectivity index (χ4v) is 1.81. The highest BCUT2D eigenvalue weighted by atomic mass is 16.2. The Morgan fingerprint density at radius 1 is 1.25 bits per heavy atom. The first-order chi connectivity index (χ1) is 7.70. The second-order valence-electron chi connectivity index (χ2n) is 4.69. The minimum atomic E-state index is -0.637. The van der Waals surface area contributed by atoms with Crippen LogP contribution >= 0.6 is 0 Å². The quantitative estimate of drug-likeness (QED) is 0.664. The molecule has 3 nitrogen and oxygen atoms in total. The SMILES string of the molecule is CCCCN(CCCC)C(=O)C1(C#N)CC1. The highest BCUT2D eigenvalue weighted by molar-refractivity contribution is 5.88. The maximum atomic E-state index is 12.2.